The summed E-state index contributed by atoms with van der Waals surface area (Å²) in [7, 11) is 1.90. The molecule has 0 radical (unpaired) electrons. The quantitative estimate of drug-likeness (QED) is 0.503. The predicted molar refractivity (Wildman–Crippen MR) is 112 cm³/mol. The minimum atomic E-state index is -0.103. The van der Waals surface area contributed by atoms with Gasteiger partial charge in [-0.15, -0.1) is 10.2 Å². The fourth-order valence-electron chi connectivity index (χ4n) is 2.30. The van der Waals surface area contributed by atoms with Crippen molar-refractivity contribution in [2.75, 3.05) is 11.1 Å². The highest BCUT2D eigenvalue weighted by molar-refractivity contribution is 9.11. The van der Waals surface area contributed by atoms with E-state index in [0.717, 1.165) is 26.0 Å². The molecule has 2 aromatic carbocycles. The van der Waals surface area contributed by atoms with Crippen molar-refractivity contribution in [2.24, 2.45) is 7.05 Å². The van der Waals surface area contributed by atoms with Gasteiger partial charge in [0, 0.05) is 21.6 Å². The number of amides is 1. The van der Waals surface area contributed by atoms with Gasteiger partial charge in [0.15, 0.2) is 11.0 Å². The normalized spacial score (nSPS) is 10.8. The monoisotopic (exact) mass is 494 g/mol. The summed E-state index contributed by atoms with van der Waals surface area (Å²) >= 11 is 8.19. The highest BCUT2D eigenvalue weighted by atomic mass is 79.9. The van der Waals surface area contributed by atoms with Gasteiger partial charge in [0.05, 0.1) is 11.4 Å². The lowest BCUT2D eigenvalue weighted by Crippen LogP contribution is -2.14. The van der Waals surface area contributed by atoms with Gasteiger partial charge in [-0.25, -0.2) is 0 Å². The van der Waals surface area contributed by atoms with Gasteiger partial charge in [0.2, 0.25) is 5.91 Å². The molecular weight excluding hydrogens is 480 g/mol. The molecule has 0 saturated carbocycles. The predicted octanol–water partition coefficient (Wildman–Crippen LogP) is 5.05. The summed E-state index contributed by atoms with van der Waals surface area (Å²) < 4.78 is 3.64. The lowest BCUT2D eigenvalue weighted by Gasteiger charge is -2.08. The maximum atomic E-state index is 12.2. The number of aryl methyl sites for hydroxylation is 1. The first-order valence-electron chi connectivity index (χ1n) is 7.78. The van der Waals surface area contributed by atoms with Crippen molar-refractivity contribution >= 4 is 55.2 Å². The summed E-state index contributed by atoms with van der Waals surface area (Å²) in [6, 6.07) is 13.8. The van der Waals surface area contributed by atoms with E-state index in [1.165, 1.54) is 17.3 Å². The molecule has 0 saturated heterocycles. The molecule has 0 aliphatic rings. The van der Waals surface area contributed by atoms with Gasteiger partial charge >= 0.3 is 0 Å². The Labute approximate surface area is 172 Å². The molecule has 8 heteroatoms. The molecule has 0 aliphatic heterocycles. The minimum absolute atomic E-state index is 0.103. The van der Waals surface area contributed by atoms with Crippen LogP contribution in [-0.2, 0) is 11.8 Å². The second-order valence-corrected chi connectivity index (χ2v) is 8.40. The Bertz CT molecular complexity index is 941. The Morgan fingerprint density at radius 2 is 1.88 bits per heavy atom. The highest BCUT2D eigenvalue weighted by Crippen LogP contribution is 2.27. The van der Waals surface area contributed by atoms with Crippen molar-refractivity contribution in [3.05, 3.63) is 57.0 Å². The highest BCUT2D eigenvalue weighted by Gasteiger charge is 2.13. The number of carbonyl (C=O) groups excluding carboxylic acids is 1. The number of hydrogen-bond acceptors (Lipinski definition) is 4. The van der Waals surface area contributed by atoms with E-state index in [1.807, 2.05) is 61.0 Å². The van der Waals surface area contributed by atoms with Crippen molar-refractivity contribution in [2.45, 2.75) is 12.1 Å². The van der Waals surface area contributed by atoms with Gasteiger partial charge in [-0.2, -0.15) is 0 Å². The Hall–Kier alpha value is -1.64. The van der Waals surface area contributed by atoms with E-state index >= 15 is 0 Å². The average Bonchev–Trinajstić information content (AvgIpc) is 2.98. The summed E-state index contributed by atoms with van der Waals surface area (Å²) in [4.78, 5) is 12.2. The van der Waals surface area contributed by atoms with Gasteiger partial charge < -0.3 is 9.88 Å². The zero-order chi connectivity index (χ0) is 18.7. The molecule has 1 amide bonds. The summed E-state index contributed by atoms with van der Waals surface area (Å²) in [5.41, 5.74) is 2.92. The average molecular weight is 496 g/mol. The Balaban J connectivity index is 1.65. The molecule has 0 fully saturated rings. The molecule has 26 heavy (non-hydrogen) atoms. The molecule has 0 unspecified atom stereocenters. The van der Waals surface area contributed by atoms with Crippen LogP contribution in [0, 0.1) is 6.92 Å². The van der Waals surface area contributed by atoms with E-state index in [2.05, 4.69) is 47.4 Å². The SMILES string of the molecule is Cc1ccc(-c2nnc(SCC(=O)Nc3cc(Br)ccc3Br)n2C)cc1. The maximum Gasteiger partial charge on any atom is 0.234 e. The first-order valence-corrected chi connectivity index (χ1v) is 10.4. The van der Waals surface area contributed by atoms with E-state index in [4.69, 9.17) is 0 Å². The maximum absolute atomic E-state index is 12.2. The molecule has 1 N–H and O–H groups in total. The minimum Gasteiger partial charge on any atom is -0.324 e. The van der Waals surface area contributed by atoms with E-state index in [1.54, 1.807) is 0 Å². The van der Waals surface area contributed by atoms with Crippen molar-refractivity contribution < 1.29 is 4.79 Å². The van der Waals surface area contributed by atoms with Gasteiger partial charge in [-0.1, -0.05) is 57.5 Å². The molecule has 134 valence electrons. The third-order valence-electron chi connectivity index (χ3n) is 3.68. The van der Waals surface area contributed by atoms with Crippen LogP contribution in [0.2, 0.25) is 0 Å². The number of rotatable bonds is 5. The smallest absolute Gasteiger partial charge is 0.234 e. The summed E-state index contributed by atoms with van der Waals surface area (Å²) in [5, 5.41) is 12.0. The van der Waals surface area contributed by atoms with E-state index in [0.29, 0.717) is 5.16 Å². The van der Waals surface area contributed by atoms with Crippen molar-refractivity contribution in [1.82, 2.24) is 14.8 Å². The number of benzene rings is 2. The number of carbonyl (C=O) groups is 1. The van der Waals surface area contributed by atoms with Gasteiger partial charge in [0.1, 0.15) is 0 Å². The molecule has 3 aromatic rings. The third kappa shape index (κ3) is 4.55. The number of aromatic nitrogens is 3. The fourth-order valence-corrected chi connectivity index (χ4v) is 3.72. The zero-order valence-electron chi connectivity index (χ0n) is 14.2. The summed E-state index contributed by atoms with van der Waals surface area (Å²) in [6.45, 7) is 2.05. The second-order valence-electron chi connectivity index (χ2n) is 5.69. The Morgan fingerprint density at radius 1 is 1.15 bits per heavy atom. The van der Waals surface area contributed by atoms with E-state index < -0.39 is 0 Å². The second kappa shape index (κ2) is 8.37. The van der Waals surface area contributed by atoms with Crippen LogP contribution in [0.1, 0.15) is 5.56 Å². The third-order valence-corrected chi connectivity index (χ3v) is 5.88. The van der Waals surface area contributed by atoms with Crippen LogP contribution in [0.25, 0.3) is 11.4 Å². The first kappa shape index (κ1) is 19.1. The van der Waals surface area contributed by atoms with Gasteiger partial charge in [0.25, 0.3) is 0 Å². The Kier molecular flexibility index (Phi) is 6.16. The fraction of sp³-hybridized carbons (Fsp3) is 0.167. The van der Waals surface area contributed by atoms with Crippen LogP contribution in [0.3, 0.4) is 0 Å². The molecule has 1 heterocycles. The van der Waals surface area contributed by atoms with Crippen LogP contribution in [-0.4, -0.2) is 26.4 Å². The van der Waals surface area contributed by atoms with Crippen LogP contribution in [0.4, 0.5) is 5.69 Å². The van der Waals surface area contributed by atoms with Gasteiger partial charge in [-0.3, -0.25) is 4.79 Å². The number of thioether (sulfide) groups is 1. The topological polar surface area (TPSA) is 59.8 Å². The molecular formula is C18H16Br2N4OS. The Morgan fingerprint density at radius 3 is 2.62 bits per heavy atom. The molecule has 3 rings (SSSR count). The van der Waals surface area contributed by atoms with Crippen molar-refractivity contribution in [1.29, 1.82) is 0 Å². The zero-order valence-corrected chi connectivity index (χ0v) is 18.2. The van der Waals surface area contributed by atoms with E-state index in [9.17, 15) is 4.79 Å². The van der Waals surface area contributed by atoms with E-state index in [-0.39, 0.29) is 11.7 Å². The molecule has 0 aliphatic carbocycles. The number of nitrogens with one attached hydrogen (secondary N) is 1. The molecule has 5 nitrogen and oxygen atoms in total. The summed E-state index contributed by atoms with van der Waals surface area (Å²) in [5.74, 6) is 0.926. The van der Waals surface area contributed by atoms with Crippen molar-refractivity contribution in [3.8, 4) is 11.4 Å². The van der Waals surface area contributed by atoms with Crippen LogP contribution in [0.5, 0.6) is 0 Å². The molecule has 1 aromatic heterocycles. The molecule has 0 atom stereocenters. The van der Waals surface area contributed by atoms with Crippen LogP contribution in [0.15, 0.2) is 56.6 Å². The van der Waals surface area contributed by atoms with Gasteiger partial charge in [-0.05, 0) is 41.1 Å². The van der Waals surface area contributed by atoms with Crippen LogP contribution >= 0.6 is 43.6 Å². The standard InChI is InChI=1S/C18H16Br2N4OS/c1-11-3-5-12(6-4-11)17-22-23-18(24(17)2)26-10-16(25)21-15-9-13(19)7-8-14(15)20/h3-9H,10H2,1-2H3,(H,21,25). The summed E-state index contributed by atoms with van der Waals surface area (Å²) in [6.07, 6.45) is 0. The lowest BCUT2D eigenvalue weighted by atomic mass is 10.1. The largest absolute Gasteiger partial charge is 0.324 e. The van der Waals surface area contributed by atoms with Crippen LogP contribution < -0.4 is 5.32 Å². The number of nitrogens with zero attached hydrogens (tertiary/aromatic N) is 3. The number of hydrogen-bond donors (Lipinski definition) is 1. The number of halogens is 2. The number of anilines is 1. The molecule has 0 spiro atoms. The molecule has 0 bridgehead atoms. The first-order chi connectivity index (χ1) is 12.4. The van der Waals surface area contributed by atoms with Crippen molar-refractivity contribution in [3.63, 3.8) is 0 Å². The lowest BCUT2D eigenvalue weighted by molar-refractivity contribution is -0.113.